The lowest BCUT2D eigenvalue weighted by Crippen LogP contribution is -2.40. The van der Waals surface area contributed by atoms with Crippen LogP contribution in [0.1, 0.15) is 13.8 Å². The molecule has 0 radical (unpaired) electrons. The minimum atomic E-state index is -0.385. The van der Waals surface area contributed by atoms with E-state index >= 15 is 0 Å². The highest BCUT2D eigenvalue weighted by atomic mass is 16.5. The summed E-state index contributed by atoms with van der Waals surface area (Å²) in [5, 5.41) is 0. The number of hydrogen-bond acceptors (Lipinski definition) is 6. The van der Waals surface area contributed by atoms with E-state index < -0.39 is 0 Å². The molecule has 0 saturated carbocycles. The summed E-state index contributed by atoms with van der Waals surface area (Å²) in [4.78, 5) is 32.9. The van der Waals surface area contributed by atoms with Crippen molar-refractivity contribution in [2.75, 3.05) is 25.7 Å². The van der Waals surface area contributed by atoms with Crippen molar-refractivity contribution in [2.24, 2.45) is 13.0 Å². The van der Waals surface area contributed by atoms with E-state index in [9.17, 15) is 9.59 Å². The number of anilines is 2. The summed E-state index contributed by atoms with van der Waals surface area (Å²) < 4.78 is 15.6. The van der Waals surface area contributed by atoms with E-state index in [2.05, 4.69) is 6.92 Å². The third kappa shape index (κ3) is 3.30. The van der Waals surface area contributed by atoms with Gasteiger partial charge in [0.15, 0.2) is 11.2 Å². The van der Waals surface area contributed by atoms with Crippen LogP contribution in [-0.2, 0) is 20.1 Å². The SMILES string of the molecule is C/C=C/Cn1c(=O)c2c(nc3n2C[C@H](C)CN3c2cc(OC)ccc2OC)n(C)c1=O. The number of aromatic nitrogens is 4. The van der Waals surface area contributed by atoms with Gasteiger partial charge < -0.3 is 18.9 Å². The highest BCUT2D eigenvalue weighted by molar-refractivity contribution is 5.78. The van der Waals surface area contributed by atoms with Crippen LogP contribution in [0.3, 0.4) is 0 Å². The number of allylic oxidation sites excluding steroid dienone is 2. The molecule has 2 aromatic heterocycles. The van der Waals surface area contributed by atoms with Gasteiger partial charge >= 0.3 is 5.69 Å². The second-order valence-corrected chi connectivity index (χ2v) is 7.77. The quantitative estimate of drug-likeness (QED) is 0.583. The summed E-state index contributed by atoms with van der Waals surface area (Å²) in [6.45, 7) is 5.52. The zero-order valence-electron chi connectivity index (χ0n) is 18.5. The van der Waals surface area contributed by atoms with Crippen molar-refractivity contribution in [2.45, 2.75) is 26.9 Å². The molecular weight excluding hydrogens is 398 g/mol. The molecule has 1 atom stereocenters. The van der Waals surface area contributed by atoms with Crippen LogP contribution in [-0.4, -0.2) is 39.4 Å². The third-order valence-corrected chi connectivity index (χ3v) is 5.64. The fourth-order valence-corrected chi connectivity index (χ4v) is 4.09. The molecule has 1 aliphatic heterocycles. The maximum Gasteiger partial charge on any atom is 0.332 e. The average Bonchev–Trinajstić information content (AvgIpc) is 3.16. The molecule has 1 aromatic carbocycles. The van der Waals surface area contributed by atoms with Crippen molar-refractivity contribution in [3.63, 3.8) is 0 Å². The van der Waals surface area contributed by atoms with Crippen molar-refractivity contribution in [3.8, 4) is 11.5 Å². The first kappa shape index (κ1) is 20.8. The maximum absolute atomic E-state index is 13.3. The minimum Gasteiger partial charge on any atom is -0.497 e. The average molecular weight is 425 g/mol. The van der Waals surface area contributed by atoms with E-state index in [0.717, 1.165) is 5.69 Å². The number of methoxy groups -OCH3 is 2. The Bertz CT molecular complexity index is 1280. The Hall–Kier alpha value is -3.49. The Labute approximate surface area is 179 Å². The second-order valence-electron chi connectivity index (χ2n) is 7.77. The molecule has 3 aromatic rings. The first-order chi connectivity index (χ1) is 14.9. The van der Waals surface area contributed by atoms with Crippen LogP contribution in [0, 0.1) is 5.92 Å². The summed E-state index contributed by atoms with van der Waals surface area (Å²) in [7, 11) is 4.88. The topological polar surface area (TPSA) is 83.5 Å². The molecule has 0 N–H and O–H groups in total. The normalized spacial score (nSPS) is 16.2. The smallest absolute Gasteiger partial charge is 0.332 e. The first-order valence-corrected chi connectivity index (χ1v) is 10.2. The number of hydrogen-bond donors (Lipinski definition) is 0. The first-order valence-electron chi connectivity index (χ1n) is 10.2. The molecule has 0 fully saturated rings. The van der Waals surface area contributed by atoms with Gasteiger partial charge in [0, 0.05) is 32.7 Å². The summed E-state index contributed by atoms with van der Waals surface area (Å²) in [5.74, 6) is 2.21. The Morgan fingerprint density at radius 3 is 2.65 bits per heavy atom. The van der Waals surface area contributed by atoms with Crippen molar-refractivity contribution in [1.82, 2.24) is 18.7 Å². The van der Waals surface area contributed by atoms with Crippen molar-refractivity contribution >= 4 is 22.8 Å². The Morgan fingerprint density at radius 2 is 1.97 bits per heavy atom. The molecule has 3 heterocycles. The number of imidazole rings is 1. The summed E-state index contributed by atoms with van der Waals surface area (Å²) in [5.41, 5.74) is 0.887. The van der Waals surface area contributed by atoms with Gasteiger partial charge in [-0.1, -0.05) is 19.1 Å². The fourth-order valence-electron chi connectivity index (χ4n) is 4.09. The molecule has 0 amide bonds. The van der Waals surface area contributed by atoms with Gasteiger partial charge in [0.2, 0.25) is 5.95 Å². The standard InChI is InChI=1S/C22H27N5O4/c1-6-7-10-25-20(28)18-19(24(3)22(25)29)23-21-26(12-14(2)13-27(18)21)16-11-15(30-4)8-9-17(16)31-5/h6-9,11,14H,10,12-13H2,1-5H3/b7-6+/t14-/m1/s1. The lowest BCUT2D eigenvalue weighted by molar-refractivity contribution is 0.399. The predicted molar refractivity (Wildman–Crippen MR) is 120 cm³/mol. The molecule has 9 nitrogen and oxygen atoms in total. The van der Waals surface area contributed by atoms with E-state index in [-0.39, 0.29) is 23.7 Å². The van der Waals surface area contributed by atoms with Crippen LogP contribution >= 0.6 is 0 Å². The minimum absolute atomic E-state index is 0.224. The highest BCUT2D eigenvalue weighted by Gasteiger charge is 2.31. The molecule has 4 rings (SSSR count). The molecule has 164 valence electrons. The highest BCUT2D eigenvalue weighted by Crippen LogP contribution is 2.39. The van der Waals surface area contributed by atoms with Crippen LogP contribution in [0.25, 0.3) is 11.2 Å². The van der Waals surface area contributed by atoms with Crippen LogP contribution in [0.15, 0.2) is 39.9 Å². The van der Waals surface area contributed by atoms with Gasteiger partial charge in [-0.3, -0.25) is 13.9 Å². The molecule has 0 spiro atoms. The van der Waals surface area contributed by atoms with Gasteiger partial charge in [-0.15, -0.1) is 0 Å². The van der Waals surface area contributed by atoms with Crippen molar-refractivity contribution < 1.29 is 9.47 Å². The molecule has 0 aliphatic carbocycles. The molecule has 0 bridgehead atoms. The largest absolute Gasteiger partial charge is 0.497 e. The zero-order chi connectivity index (χ0) is 22.3. The van der Waals surface area contributed by atoms with E-state index in [0.29, 0.717) is 41.7 Å². The second kappa shape index (κ2) is 7.98. The number of benzene rings is 1. The van der Waals surface area contributed by atoms with E-state index in [4.69, 9.17) is 14.5 Å². The molecule has 0 saturated heterocycles. The molecule has 31 heavy (non-hydrogen) atoms. The van der Waals surface area contributed by atoms with Gasteiger partial charge in [-0.25, -0.2) is 4.79 Å². The maximum atomic E-state index is 13.3. The lowest BCUT2D eigenvalue weighted by atomic mass is 10.1. The van der Waals surface area contributed by atoms with E-state index in [1.165, 1.54) is 9.13 Å². The van der Waals surface area contributed by atoms with Crippen LogP contribution in [0.4, 0.5) is 11.6 Å². The van der Waals surface area contributed by atoms with Crippen LogP contribution in [0.2, 0.25) is 0 Å². The van der Waals surface area contributed by atoms with Gasteiger partial charge in [-0.05, 0) is 25.0 Å². The van der Waals surface area contributed by atoms with Crippen molar-refractivity contribution in [1.29, 1.82) is 0 Å². The monoisotopic (exact) mass is 425 g/mol. The molecule has 0 unspecified atom stereocenters. The number of rotatable bonds is 5. The number of nitrogens with zero attached hydrogens (tertiary/aromatic N) is 5. The van der Waals surface area contributed by atoms with Gasteiger partial charge in [-0.2, -0.15) is 4.98 Å². The van der Waals surface area contributed by atoms with Crippen molar-refractivity contribution in [3.05, 3.63) is 51.2 Å². The van der Waals surface area contributed by atoms with E-state index in [1.807, 2.05) is 40.7 Å². The molecular formula is C22H27N5O4. The summed E-state index contributed by atoms with van der Waals surface area (Å²) >= 11 is 0. The lowest BCUT2D eigenvalue weighted by Gasteiger charge is -2.33. The third-order valence-electron chi connectivity index (χ3n) is 5.64. The van der Waals surface area contributed by atoms with Gasteiger partial charge in [0.05, 0.1) is 19.9 Å². The Morgan fingerprint density at radius 1 is 1.19 bits per heavy atom. The fraction of sp³-hybridized carbons (Fsp3) is 0.409. The Kier molecular flexibility index (Phi) is 5.34. The van der Waals surface area contributed by atoms with Crippen LogP contribution in [0.5, 0.6) is 11.5 Å². The zero-order valence-corrected chi connectivity index (χ0v) is 18.5. The number of ether oxygens (including phenoxy) is 2. The van der Waals surface area contributed by atoms with Gasteiger partial charge in [0.1, 0.15) is 11.5 Å². The molecule has 9 heteroatoms. The summed E-state index contributed by atoms with van der Waals surface area (Å²) in [6.07, 6.45) is 3.61. The van der Waals surface area contributed by atoms with Gasteiger partial charge in [0.25, 0.3) is 5.56 Å². The predicted octanol–water partition coefficient (Wildman–Crippen LogP) is 2.28. The van der Waals surface area contributed by atoms with Crippen LogP contribution < -0.4 is 25.6 Å². The summed E-state index contributed by atoms with van der Waals surface area (Å²) in [6, 6.07) is 5.58. The molecule has 1 aliphatic rings. The Balaban J connectivity index is 2.01. The number of fused-ring (bicyclic) bond motifs is 3. The van der Waals surface area contributed by atoms with E-state index in [1.54, 1.807) is 27.3 Å². The number of aryl methyl sites for hydroxylation is 1.